The Hall–Kier alpha value is -2.82. The number of hydrogen-bond donors (Lipinski definition) is 1. The lowest BCUT2D eigenvalue weighted by molar-refractivity contribution is -0.129. The van der Waals surface area contributed by atoms with Gasteiger partial charge in [0.1, 0.15) is 5.75 Å². The molecular weight excluding hydrogens is 340 g/mol. The van der Waals surface area contributed by atoms with E-state index in [-0.39, 0.29) is 23.8 Å². The molecule has 1 N–H and O–H groups in total. The molecule has 0 radical (unpaired) electrons. The zero-order valence-corrected chi connectivity index (χ0v) is 15.3. The zero-order chi connectivity index (χ0) is 18.6. The maximum atomic E-state index is 12.8. The van der Waals surface area contributed by atoms with Crippen molar-refractivity contribution in [2.24, 2.45) is 5.92 Å². The third-order valence-electron chi connectivity index (χ3n) is 5.37. The fourth-order valence-electron chi connectivity index (χ4n) is 3.85. The Morgan fingerprint density at radius 3 is 2.74 bits per heavy atom. The Kier molecular flexibility index (Phi) is 5.10. The highest BCUT2D eigenvalue weighted by molar-refractivity contribution is 5.89. The zero-order valence-electron chi connectivity index (χ0n) is 15.3. The molecule has 1 fully saturated rings. The molecule has 0 spiro atoms. The largest absolute Gasteiger partial charge is 0.493 e. The van der Waals surface area contributed by atoms with Crippen molar-refractivity contribution in [1.29, 1.82) is 0 Å². The molecular formula is C22H24N2O3. The third kappa shape index (κ3) is 3.97. The molecule has 2 aliphatic rings. The average Bonchev–Trinajstić information content (AvgIpc) is 3.08. The number of nitrogens with one attached hydrogen (secondary N) is 1. The van der Waals surface area contributed by atoms with Crippen molar-refractivity contribution in [1.82, 2.24) is 10.2 Å². The Balaban J connectivity index is 1.34. The highest BCUT2D eigenvalue weighted by Crippen LogP contribution is 2.32. The van der Waals surface area contributed by atoms with Gasteiger partial charge in [-0.15, -0.1) is 0 Å². The molecule has 0 bridgehead atoms. The van der Waals surface area contributed by atoms with E-state index in [1.807, 2.05) is 47.4 Å². The van der Waals surface area contributed by atoms with Crippen LogP contribution in [-0.4, -0.2) is 36.4 Å². The van der Waals surface area contributed by atoms with Crippen molar-refractivity contribution in [3.8, 4) is 5.75 Å². The number of likely N-dealkylation sites (tertiary alicyclic amines) is 1. The highest BCUT2D eigenvalue weighted by atomic mass is 16.5. The number of hydrogen-bond acceptors (Lipinski definition) is 3. The van der Waals surface area contributed by atoms with Crippen molar-refractivity contribution in [2.75, 3.05) is 19.7 Å². The second-order valence-electron chi connectivity index (χ2n) is 7.21. The van der Waals surface area contributed by atoms with Crippen LogP contribution in [0.5, 0.6) is 5.75 Å². The van der Waals surface area contributed by atoms with Crippen LogP contribution in [0.2, 0.25) is 0 Å². The van der Waals surface area contributed by atoms with E-state index in [2.05, 4.69) is 17.4 Å². The summed E-state index contributed by atoms with van der Waals surface area (Å²) in [7, 11) is 0. The summed E-state index contributed by atoms with van der Waals surface area (Å²) in [5.74, 6) is 0.593. The van der Waals surface area contributed by atoms with Crippen LogP contribution >= 0.6 is 0 Å². The molecule has 2 amide bonds. The van der Waals surface area contributed by atoms with Gasteiger partial charge in [-0.2, -0.15) is 0 Å². The number of rotatable bonds is 5. The molecule has 0 aliphatic carbocycles. The van der Waals surface area contributed by atoms with Crippen molar-refractivity contribution in [3.05, 3.63) is 65.7 Å². The van der Waals surface area contributed by atoms with Crippen molar-refractivity contribution < 1.29 is 14.3 Å². The first-order valence-electron chi connectivity index (χ1n) is 9.54. The number of nitrogens with zero attached hydrogens (tertiary/aromatic N) is 1. The molecule has 0 aromatic heterocycles. The Bertz CT molecular complexity index is 821. The molecule has 140 valence electrons. The number of fused-ring (bicyclic) bond motifs is 1. The van der Waals surface area contributed by atoms with Gasteiger partial charge in [0.15, 0.2) is 0 Å². The topological polar surface area (TPSA) is 58.6 Å². The summed E-state index contributed by atoms with van der Waals surface area (Å²) in [6.07, 6.45) is 1.86. The van der Waals surface area contributed by atoms with Crippen LogP contribution < -0.4 is 10.1 Å². The van der Waals surface area contributed by atoms with E-state index in [1.54, 1.807) is 0 Å². The first-order valence-corrected chi connectivity index (χ1v) is 9.54. The SMILES string of the molecule is O=C(N[C@H]1CCOc2ccccc21)[C@H]1CC(=O)N(CCc2ccccc2)C1. The number of carbonyl (C=O) groups excluding carboxylic acids is 2. The fraction of sp³-hybridized carbons (Fsp3) is 0.364. The van der Waals surface area contributed by atoms with Crippen LogP contribution in [0.15, 0.2) is 54.6 Å². The predicted octanol–water partition coefficient (Wildman–Crippen LogP) is 2.72. The van der Waals surface area contributed by atoms with E-state index >= 15 is 0 Å². The molecule has 2 heterocycles. The summed E-state index contributed by atoms with van der Waals surface area (Å²) in [5.41, 5.74) is 2.22. The molecule has 2 aromatic carbocycles. The highest BCUT2D eigenvalue weighted by Gasteiger charge is 2.35. The third-order valence-corrected chi connectivity index (χ3v) is 5.37. The maximum absolute atomic E-state index is 12.8. The number of carbonyl (C=O) groups is 2. The molecule has 1 saturated heterocycles. The van der Waals surface area contributed by atoms with Gasteiger partial charge in [-0.3, -0.25) is 9.59 Å². The second kappa shape index (κ2) is 7.82. The minimum absolute atomic E-state index is 0.0349. The minimum atomic E-state index is -0.275. The molecule has 0 saturated carbocycles. The lowest BCUT2D eigenvalue weighted by Crippen LogP contribution is -2.37. The molecule has 0 unspecified atom stereocenters. The number of amides is 2. The standard InChI is InChI=1S/C22H24N2O3/c25-21-14-17(15-24(21)12-10-16-6-2-1-3-7-16)22(26)23-19-11-13-27-20-9-5-4-8-18(19)20/h1-9,17,19H,10-15H2,(H,23,26)/t17-,19-/m0/s1. The molecule has 5 heteroatoms. The van der Waals surface area contributed by atoms with E-state index < -0.39 is 0 Å². The molecule has 2 aliphatic heterocycles. The van der Waals surface area contributed by atoms with Gasteiger partial charge in [0.05, 0.1) is 18.6 Å². The molecule has 2 aromatic rings. The smallest absolute Gasteiger partial charge is 0.225 e. The van der Waals surface area contributed by atoms with Crippen molar-refractivity contribution >= 4 is 11.8 Å². The monoisotopic (exact) mass is 364 g/mol. The van der Waals surface area contributed by atoms with Gasteiger partial charge < -0.3 is 15.0 Å². The summed E-state index contributed by atoms with van der Waals surface area (Å²) in [6, 6.07) is 17.9. The number of para-hydroxylation sites is 1. The van der Waals surface area contributed by atoms with Crippen molar-refractivity contribution in [3.63, 3.8) is 0 Å². The van der Waals surface area contributed by atoms with Gasteiger partial charge in [-0.1, -0.05) is 48.5 Å². The molecule has 27 heavy (non-hydrogen) atoms. The maximum Gasteiger partial charge on any atom is 0.225 e. The van der Waals surface area contributed by atoms with Crippen LogP contribution in [0, 0.1) is 5.92 Å². The van der Waals surface area contributed by atoms with E-state index in [1.165, 1.54) is 5.56 Å². The number of ether oxygens (including phenoxy) is 1. The van der Waals surface area contributed by atoms with Crippen LogP contribution in [0.1, 0.15) is 30.0 Å². The lowest BCUT2D eigenvalue weighted by atomic mass is 9.99. The van der Waals surface area contributed by atoms with Gasteiger partial charge in [0.2, 0.25) is 11.8 Å². The first kappa shape index (κ1) is 17.6. The van der Waals surface area contributed by atoms with Crippen LogP contribution in [0.4, 0.5) is 0 Å². The van der Waals surface area contributed by atoms with E-state index in [0.717, 1.165) is 24.2 Å². The van der Waals surface area contributed by atoms with Gasteiger partial charge in [0.25, 0.3) is 0 Å². The van der Waals surface area contributed by atoms with E-state index in [0.29, 0.717) is 26.1 Å². The summed E-state index contributed by atoms with van der Waals surface area (Å²) in [5, 5.41) is 3.13. The summed E-state index contributed by atoms with van der Waals surface area (Å²) in [6.45, 7) is 1.75. The summed E-state index contributed by atoms with van der Waals surface area (Å²) < 4.78 is 5.66. The van der Waals surface area contributed by atoms with Crippen LogP contribution in [0.25, 0.3) is 0 Å². The fourth-order valence-corrected chi connectivity index (χ4v) is 3.85. The van der Waals surface area contributed by atoms with E-state index in [4.69, 9.17) is 4.74 Å². The van der Waals surface area contributed by atoms with Gasteiger partial charge >= 0.3 is 0 Å². The number of benzene rings is 2. The average molecular weight is 364 g/mol. The predicted molar refractivity (Wildman–Crippen MR) is 102 cm³/mol. The summed E-state index contributed by atoms with van der Waals surface area (Å²) >= 11 is 0. The minimum Gasteiger partial charge on any atom is -0.493 e. The Morgan fingerprint density at radius 1 is 1.11 bits per heavy atom. The van der Waals surface area contributed by atoms with Gasteiger partial charge in [0, 0.05) is 31.5 Å². The Morgan fingerprint density at radius 2 is 1.89 bits per heavy atom. The van der Waals surface area contributed by atoms with Gasteiger partial charge in [-0.05, 0) is 18.1 Å². The second-order valence-corrected chi connectivity index (χ2v) is 7.21. The molecule has 4 rings (SSSR count). The quantitative estimate of drug-likeness (QED) is 0.887. The lowest BCUT2D eigenvalue weighted by Gasteiger charge is -2.27. The van der Waals surface area contributed by atoms with Crippen molar-refractivity contribution in [2.45, 2.75) is 25.3 Å². The Labute approximate surface area is 159 Å². The first-order chi connectivity index (χ1) is 13.2. The van der Waals surface area contributed by atoms with Gasteiger partial charge in [-0.25, -0.2) is 0 Å². The van der Waals surface area contributed by atoms with Crippen LogP contribution in [-0.2, 0) is 16.0 Å². The van der Waals surface area contributed by atoms with E-state index in [9.17, 15) is 9.59 Å². The molecule has 5 nitrogen and oxygen atoms in total. The van der Waals surface area contributed by atoms with Crippen LogP contribution in [0.3, 0.4) is 0 Å². The normalized spacial score (nSPS) is 21.5. The summed E-state index contributed by atoms with van der Waals surface area (Å²) in [4.78, 5) is 26.9. The molecule has 2 atom stereocenters.